The zero-order valence-electron chi connectivity index (χ0n) is 10.6. The van der Waals surface area contributed by atoms with E-state index in [1.165, 1.54) is 6.07 Å². The number of para-hydroxylation sites is 1. The van der Waals surface area contributed by atoms with Crippen LogP contribution in [0.15, 0.2) is 22.7 Å². The Morgan fingerprint density at radius 3 is 2.84 bits per heavy atom. The average molecular weight is 328 g/mol. The second-order valence-electron chi connectivity index (χ2n) is 4.14. The molecule has 1 atom stereocenters. The molecule has 0 spiro atoms. The van der Waals surface area contributed by atoms with E-state index in [2.05, 4.69) is 27.3 Å². The Morgan fingerprint density at radius 2 is 2.32 bits per heavy atom. The quantitative estimate of drug-likeness (QED) is 0.640. The summed E-state index contributed by atoms with van der Waals surface area (Å²) in [6.45, 7) is 1.94. The number of nitro benzene ring substituents is 1. The number of nitrogens with one attached hydrogen (secondary N) is 1. The van der Waals surface area contributed by atoms with Crippen LogP contribution in [0.5, 0.6) is 5.75 Å². The molecule has 6 nitrogen and oxygen atoms in total. The highest BCUT2D eigenvalue weighted by atomic mass is 79.9. The van der Waals surface area contributed by atoms with Gasteiger partial charge in [0.15, 0.2) is 0 Å². The molecule has 19 heavy (non-hydrogen) atoms. The third-order valence-corrected chi connectivity index (χ3v) is 3.41. The van der Waals surface area contributed by atoms with Crippen molar-refractivity contribution < 1.29 is 9.66 Å². The number of halogens is 1. The highest BCUT2D eigenvalue weighted by molar-refractivity contribution is 9.10. The first-order valence-electron chi connectivity index (χ1n) is 5.59. The standard InChI is InChI=1S/C12H14BrN3O3/c1-12(8-14,15-2)6-7-19-11-9(13)4-3-5-10(11)16(17)18/h3-5,15H,6-7H2,1-2H3. The van der Waals surface area contributed by atoms with Gasteiger partial charge in [0, 0.05) is 12.5 Å². The molecule has 0 aliphatic carbocycles. The third-order valence-electron chi connectivity index (χ3n) is 2.79. The largest absolute Gasteiger partial charge is 0.486 e. The SMILES string of the molecule is CNC(C)(C#N)CCOc1c(Br)cccc1[N+](=O)[O-]. The van der Waals surface area contributed by atoms with Crippen LogP contribution in [0.25, 0.3) is 0 Å². The molecule has 0 saturated heterocycles. The number of hydrogen-bond acceptors (Lipinski definition) is 5. The van der Waals surface area contributed by atoms with Crippen LogP contribution in [-0.4, -0.2) is 24.1 Å². The highest BCUT2D eigenvalue weighted by Gasteiger charge is 2.23. The molecular formula is C12H14BrN3O3. The third kappa shape index (κ3) is 3.91. The smallest absolute Gasteiger partial charge is 0.312 e. The molecule has 1 aromatic rings. The predicted octanol–water partition coefficient (Wildman–Crippen LogP) is 2.63. The molecule has 1 rings (SSSR count). The lowest BCUT2D eigenvalue weighted by Gasteiger charge is -2.20. The molecule has 0 heterocycles. The van der Waals surface area contributed by atoms with Gasteiger partial charge < -0.3 is 10.1 Å². The van der Waals surface area contributed by atoms with E-state index in [4.69, 9.17) is 10.00 Å². The maximum absolute atomic E-state index is 10.9. The highest BCUT2D eigenvalue weighted by Crippen LogP contribution is 2.34. The lowest BCUT2D eigenvalue weighted by molar-refractivity contribution is -0.386. The summed E-state index contributed by atoms with van der Waals surface area (Å²) in [6.07, 6.45) is 0.415. The molecule has 0 aliphatic rings. The lowest BCUT2D eigenvalue weighted by Crippen LogP contribution is -2.39. The topological polar surface area (TPSA) is 88.2 Å². The van der Waals surface area contributed by atoms with Gasteiger partial charge in [0.05, 0.1) is 22.1 Å². The lowest BCUT2D eigenvalue weighted by atomic mass is 10.0. The summed E-state index contributed by atoms with van der Waals surface area (Å²) in [5, 5.41) is 22.8. The van der Waals surface area contributed by atoms with Crippen molar-refractivity contribution in [2.24, 2.45) is 0 Å². The van der Waals surface area contributed by atoms with Crippen LogP contribution >= 0.6 is 15.9 Å². The van der Waals surface area contributed by atoms with Crippen LogP contribution in [0.1, 0.15) is 13.3 Å². The van der Waals surface area contributed by atoms with Gasteiger partial charge in [-0.3, -0.25) is 10.1 Å². The van der Waals surface area contributed by atoms with E-state index in [0.717, 1.165) is 0 Å². The Balaban J connectivity index is 2.79. The van der Waals surface area contributed by atoms with Gasteiger partial charge in [0.2, 0.25) is 5.75 Å². The van der Waals surface area contributed by atoms with Crippen molar-refractivity contribution in [3.8, 4) is 11.8 Å². The van der Waals surface area contributed by atoms with Crippen LogP contribution in [0.4, 0.5) is 5.69 Å². The summed E-state index contributed by atoms with van der Waals surface area (Å²) < 4.78 is 5.97. The Kier molecular flexibility index (Phi) is 5.27. The second kappa shape index (κ2) is 6.50. The van der Waals surface area contributed by atoms with E-state index in [9.17, 15) is 10.1 Å². The molecule has 1 N–H and O–H groups in total. The number of benzene rings is 1. The Labute approximate surface area is 119 Å². The summed E-state index contributed by atoms with van der Waals surface area (Å²) in [7, 11) is 1.68. The van der Waals surface area contributed by atoms with Crippen LogP contribution < -0.4 is 10.1 Å². The predicted molar refractivity (Wildman–Crippen MR) is 74.0 cm³/mol. The van der Waals surface area contributed by atoms with Gasteiger partial charge in [0.25, 0.3) is 0 Å². The first-order valence-corrected chi connectivity index (χ1v) is 6.38. The van der Waals surface area contributed by atoms with Crippen LogP contribution in [-0.2, 0) is 0 Å². The van der Waals surface area contributed by atoms with E-state index in [-0.39, 0.29) is 18.0 Å². The zero-order valence-corrected chi connectivity index (χ0v) is 12.2. The van der Waals surface area contributed by atoms with Gasteiger partial charge in [-0.05, 0) is 36.0 Å². The first kappa shape index (κ1) is 15.4. The van der Waals surface area contributed by atoms with E-state index in [0.29, 0.717) is 10.9 Å². The first-order chi connectivity index (χ1) is 8.93. The summed E-state index contributed by atoms with van der Waals surface area (Å²) in [5.74, 6) is 0.184. The molecule has 0 aromatic heterocycles. The average Bonchev–Trinajstić information content (AvgIpc) is 2.40. The fourth-order valence-corrected chi connectivity index (χ4v) is 1.85. The Hall–Kier alpha value is -1.65. The minimum atomic E-state index is -0.712. The van der Waals surface area contributed by atoms with Crippen molar-refractivity contribution in [3.05, 3.63) is 32.8 Å². The molecule has 0 amide bonds. The van der Waals surface area contributed by atoms with Gasteiger partial charge in [-0.25, -0.2) is 0 Å². The van der Waals surface area contributed by atoms with E-state index >= 15 is 0 Å². The molecule has 0 radical (unpaired) electrons. The molecule has 0 fully saturated rings. The molecule has 1 aromatic carbocycles. The maximum atomic E-state index is 10.9. The van der Waals surface area contributed by atoms with Gasteiger partial charge in [-0.2, -0.15) is 5.26 Å². The molecular weight excluding hydrogens is 314 g/mol. The number of nitro groups is 1. The molecule has 0 saturated carbocycles. The van der Waals surface area contributed by atoms with Gasteiger partial charge in [0.1, 0.15) is 5.54 Å². The number of rotatable bonds is 6. The fraction of sp³-hybridized carbons (Fsp3) is 0.417. The van der Waals surface area contributed by atoms with Gasteiger partial charge >= 0.3 is 5.69 Å². The number of ether oxygens (including phenoxy) is 1. The van der Waals surface area contributed by atoms with E-state index in [1.807, 2.05) is 0 Å². The minimum Gasteiger partial charge on any atom is -0.486 e. The van der Waals surface area contributed by atoms with Crippen LogP contribution in [0.3, 0.4) is 0 Å². The van der Waals surface area contributed by atoms with Crippen LogP contribution in [0, 0.1) is 21.4 Å². The molecule has 1 unspecified atom stereocenters. The molecule has 7 heteroatoms. The Morgan fingerprint density at radius 1 is 1.63 bits per heavy atom. The van der Waals surface area contributed by atoms with Crippen LogP contribution in [0.2, 0.25) is 0 Å². The zero-order chi connectivity index (χ0) is 14.5. The maximum Gasteiger partial charge on any atom is 0.312 e. The van der Waals surface area contributed by atoms with E-state index < -0.39 is 10.5 Å². The second-order valence-corrected chi connectivity index (χ2v) is 4.99. The Bertz CT molecular complexity index is 515. The van der Waals surface area contributed by atoms with Crippen molar-refractivity contribution in [2.75, 3.05) is 13.7 Å². The van der Waals surface area contributed by atoms with E-state index in [1.54, 1.807) is 26.1 Å². The monoisotopic (exact) mass is 327 g/mol. The molecule has 102 valence electrons. The summed E-state index contributed by atoms with van der Waals surface area (Å²) in [4.78, 5) is 10.4. The molecule has 0 aliphatic heterocycles. The van der Waals surface area contributed by atoms with Gasteiger partial charge in [-0.15, -0.1) is 0 Å². The van der Waals surface area contributed by atoms with Crippen molar-refractivity contribution in [1.82, 2.24) is 5.32 Å². The summed E-state index contributed by atoms with van der Waals surface area (Å²) in [5.41, 5.74) is -0.812. The van der Waals surface area contributed by atoms with Crippen molar-refractivity contribution in [1.29, 1.82) is 5.26 Å². The van der Waals surface area contributed by atoms with Crippen molar-refractivity contribution in [3.63, 3.8) is 0 Å². The number of nitrogens with zero attached hydrogens (tertiary/aromatic N) is 2. The fourth-order valence-electron chi connectivity index (χ4n) is 1.38. The van der Waals surface area contributed by atoms with Gasteiger partial charge in [-0.1, -0.05) is 6.07 Å². The number of hydrogen-bond donors (Lipinski definition) is 1. The minimum absolute atomic E-state index is 0.0995. The van der Waals surface area contributed by atoms with Crippen molar-refractivity contribution in [2.45, 2.75) is 18.9 Å². The summed E-state index contributed by atoms with van der Waals surface area (Å²) >= 11 is 3.22. The normalized spacial score (nSPS) is 13.4. The van der Waals surface area contributed by atoms with Crippen molar-refractivity contribution >= 4 is 21.6 Å². The molecule has 0 bridgehead atoms. The number of nitriles is 1. The summed E-state index contributed by atoms with van der Waals surface area (Å²) in [6, 6.07) is 6.75.